The predicted molar refractivity (Wildman–Crippen MR) is 94.0 cm³/mol. The van der Waals surface area contributed by atoms with Crippen LogP contribution in [-0.2, 0) is 9.59 Å². The first-order valence-corrected chi connectivity index (χ1v) is 7.67. The normalized spacial score (nSPS) is 10.3. The van der Waals surface area contributed by atoms with Crippen molar-refractivity contribution in [3.8, 4) is 0 Å². The van der Waals surface area contributed by atoms with Crippen molar-refractivity contribution in [1.29, 1.82) is 0 Å². The zero-order chi connectivity index (χ0) is 17.0. The minimum Gasteiger partial charge on any atom is -0.325 e. The molecular formula is C18H19ClN2O2. The molecule has 0 fully saturated rings. The number of anilines is 2. The van der Waals surface area contributed by atoms with Gasteiger partial charge in [0.2, 0.25) is 11.8 Å². The first-order chi connectivity index (χ1) is 10.9. The Balaban J connectivity index is 1.99. The number of amides is 2. The average Bonchev–Trinajstić information content (AvgIpc) is 2.48. The third kappa shape index (κ3) is 4.33. The van der Waals surface area contributed by atoms with E-state index in [4.69, 9.17) is 11.6 Å². The number of hydrogen-bond donors (Lipinski definition) is 2. The molecule has 0 aliphatic rings. The van der Waals surface area contributed by atoms with Crippen LogP contribution in [0.3, 0.4) is 0 Å². The second-order valence-corrected chi connectivity index (χ2v) is 5.84. The van der Waals surface area contributed by atoms with Crippen LogP contribution in [-0.4, -0.2) is 11.8 Å². The molecule has 0 aromatic heterocycles. The summed E-state index contributed by atoms with van der Waals surface area (Å²) in [6, 6.07) is 10.9. The Hall–Kier alpha value is -2.33. The van der Waals surface area contributed by atoms with Gasteiger partial charge in [-0.25, -0.2) is 0 Å². The van der Waals surface area contributed by atoms with E-state index < -0.39 is 0 Å². The lowest BCUT2D eigenvalue weighted by molar-refractivity contribution is -0.123. The van der Waals surface area contributed by atoms with E-state index in [2.05, 4.69) is 10.6 Å². The first-order valence-electron chi connectivity index (χ1n) is 7.29. The largest absolute Gasteiger partial charge is 0.325 e. The molecule has 0 aliphatic heterocycles. The lowest BCUT2D eigenvalue weighted by Crippen LogP contribution is -2.22. The number of rotatable bonds is 4. The molecule has 0 saturated heterocycles. The van der Waals surface area contributed by atoms with Gasteiger partial charge in [0.25, 0.3) is 0 Å². The van der Waals surface area contributed by atoms with Crippen molar-refractivity contribution in [2.45, 2.75) is 27.2 Å². The fraction of sp³-hybridized carbons (Fsp3) is 0.222. The van der Waals surface area contributed by atoms with E-state index in [1.54, 1.807) is 18.2 Å². The summed E-state index contributed by atoms with van der Waals surface area (Å²) in [4.78, 5) is 24.0. The number of aryl methyl sites for hydroxylation is 1. The Morgan fingerprint density at radius 3 is 2.00 bits per heavy atom. The highest BCUT2D eigenvalue weighted by Crippen LogP contribution is 2.23. The highest BCUT2D eigenvalue weighted by Gasteiger charge is 2.13. The fourth-order valence-electron chi connectivity index (χ4n) is 2.16. The SMILES string of the molecule is Cc1cccc(NC(=O)CC(=O)Nc2cccc(Cl)c2C)c1C. The molecule has 0 unspecified atom stereocenters. The van der Waals surface area contributed by atoms with Crippen LogP contribution in [0.2, 0.25) is 5.02 Å². The van der Waals surface area contributed by atoms with Gasteiger partial charge >= 0.3 is 0 Å². The molecule has 0 bridgehead atoms. The summed E-state index contributed by atoms with van der Waals surface area (Å²) < 4.78 is 0. The molecule has 0 atom stereocenters. The smallest absolute Gasteiger partial charge is 0.233 e. The lowest BCUT2D eigenvalue weighted by Gasteiger charge is -2.11. The van der Waals surface area contributed by atoms with Gasteiger partial charge in [-0.05, 0) is 55.7 Å². The molecule has 2 aromatic carbocycles. The summed E-state index contributed by atoms with van der Waals surface area (Å²) in [7, 11) is 0. The maximum atomic E-state index is 12.0. The monoisotopic (exact) mass is 330 g/mol. The molecule has 23 heavy (non-hydrogen) atoms. The molecule has 0 saturated carbocycles. The minimum atomic E-state index is -0.377. The third-order valence-corrected chi connectivity index (χ3v) is 4.15. The zero-order valence-electron chi connectivity index (χ0n) is 13.4. The second kappa shape index (κ2) is 7.29. The van der Waals surface area contributed by atoms with Gasteiger partial charge in [0.05, 0.1) is 0 Å². The molecule has 0 radical (unpaired) electrons. The summed E-state index contributed by atoms with van der Waals surface area (Å²) >= 11 is 6.01. The van der Waals surface area contributed by atoms with E-state index >= 15 is 0 Å². The summed E-state index contributed by atoms with van der Waals surface area (Å²) in [6.45, 7) is 5.72. The van der Waals surface area contributed by atoms with Crippen LogP contribution in [0.25, 0.3) is 0 Å². The maximum Gasteiger partial charge on any atom is 0.233 e. The van der Waals surface area contributed by atoms with E-state index in [1.807, 2.05) is 39.0 Å². The molecule has 2 aromatic rings. The fourth-order valence-corrected chi connectivity index (χ4v) is 2.34. The van der Waals surface area contributed by atoms with Crippen LogP contribution < -0.4 is 10.6 Å². The van der Waals surface area contributed by atoms with Gasteiger partial charge in [-0.3, -0.25) is 9.59 Å². The molecule has 0 heterocycles. The molecule has 0 spiro atoms. The number of hydrogen-bond acceptors (Lipinski definition) is 2. The number of carbonyl (C=O) groups is 2. The Kier molecular flexibility index (Phi) is 5.40. The highest BCUT2D eigenvalue weighted by molar-refractivity contribution is 6.31. The molecule has 120 valence electrons. The second-order valence-electron chi connectivity index (χ2n) is 5.43. The van der Waals surface area contributed by atoms with Gasteiger partial charge in [-0.1, -0.05) is 29.8 Å². The Labute approximate surface area is 140 Å². The number of halogens is 1. The van der Waals surface area contributed by atoms with Crippen LogP contribution in [0, 0.1) is 20.8 Å². The molecule has 0 aliphatic carbocycles. The minimum absolute atomic E-state index is 0.251. The van der Waals surface area contributed by atoms with Crippen LogP contribution in [0.15, 0.2) is 36.4 Å². The van der Waals surface area contributed by atoms with Crippen molar-refractivity contribution in [3.05, 3.63) is 58.1 Å². The number of carbonyl (C=O) groups excluding carboxylic acids is 2. The van der Waals surface area contributed by atoms with Crippen molar-refractivity contribution in [2.24, 2.45) is 0 Å². The zero-order valence-corrected chi connectivity index (χ0v) is 14.1. The van der Waals surface area contributed by atoms with Crippen LogP contribution >= 0.6 is 11.6 Å². The first kappa shape index (κ1) is 17.0. The number of nitrogens with one attached hydrogen (secondary N) is 2. The van der Waals surface area contributed by atoms with Crippen molar-refractivity contribution < 1.29 is 9.59 Å². The lowest BCUT2D eigenvalue weighted by atomic mass is 10.1. The summed E-state index contributed by atoms with van der Waals surface area (Å²) in [5.41, 5.74) is 4.19. The van der Waals surface area contributed by atoms with Crippen molar-refractivity contribution in [3.63, 3.8) is 0 Å². The van der Waals surface area contributed by atoms with E-state index in [0.717, 1.165) is 22.4 Å². The summed E-state index contributed by atoms with van der Waals surface area (Å²) in [5, 5.41) is 6.05. The third-order valence-electron chi connectivity index (χ3n) is 3.74. The summed E-state index contributed by atoms with van der Waals surface area (Å²) in [5.74, 6) is -0.728. The van der Waals surface area contributed by atoms with E-state index in [0.29, 0.717) is 10.7 Å². The van der Waals surface area contributed by atoms with Crippen LogP contribution in [0.4, 0.5) is 11.4 Å². The summed E-state index contributed by atoms with van der Waals surface area (Å²) in [6.07, 6.45) is -0.251. The van der Waals surface area contributed by atoms with Crippen molar-refractivity contribution >= 4 is 34.8 Å². The van der Waals surface area contributed by atoms with Gasteiger partial charge in [-0.2, -0.15) is 0 Å². The Morgan fingerprint density at radius 2 is 1.39 bits per heavy atom. The maximum absolute atomic E-state index is 12.0. The predicted octanol–water partition coefficient (Wildman–Crippen LogP) is 4.23. The topological polar surface area (TPSA) is 58.2 Å². The highest BCUT2D eigenvalue weighted by atomic mass is 35.5. The van der Waals surface area contributed by atoms with Gasteiger partial charge in [0.15, 0.2) is 0 Å². The average molecular weight is 331 g/mol. The molecular weight excluding hydrogens is 312 g/mol. The van der Waals surface area contributed by atoms with Gasteiger partial charge in [-0.15, -0.1) is 0 Å². The van der Waals surface area contributed by atoms with E-state index in [9.17, 15) is 9.59 Å². The van der Waals surface area contributed by atoms with Gasteiger partial charge < -0.3 is 10.6 Å². The van der Waals surface area contributed by atoms with Crippen LogP contribution in [0.1, 0.15) is 23.1 Å². The van der Waals surface area contributed by atoms with Crippen LogP contribution in [0.5, 0.6) is 0 Å². The Morgan fingerprint density at radius 1 is 0.870 bits per heavy atom. The molecule has 4 nitrogen and oxygen atoms in total. The quantitative estimate of drug-likeness (QED) is 0.824. The molecule has 2 N–H and O–H groups in total. The number of benzene rings is 2. The van der Waals surface area contributed by atoms with E-state index in [-0.39, 0.29) is 18.2 Å². The molecule has 2 amide bonds. The van der Waals surface area contributed by atoms with Gasteiger partial charge in [0, 0.05) is 16.4 Å². The van der Waals surface area contributed by atoms with E-state index in [1.165, 1.54) is 0 Å². The molecule has 2 rings (SSSR count). The van der Waals surface area contributed by atoms with Crippen molar-refractivity contribution in [1.82, 2.24) is 0 Å². The Bertz CT molecular complexity index is 693. The van der Waals surface area contributed by atoms with Crippen molar-refractivity contribution in [2.75, 3.05) is 10.6 Å². The standard InChI is InChI=1S/C18H19ClN2O2/c1-11-6-4-8-15(12(11)2)20-17(22)10-18(23)21-16-9-5-7-14(19)13(16)3/h4-9H,10H2,1-3H3,(H,20,22)(H,21,23). The molecule has 5 heteroatoms. The van der Waals surface area contributed by atoms with Gasteiger partial charge in [0.1, 0.15) is 6.42 Å².